The van der Waals surface area contributed by atoms with Crippen LogP contribution < -0.4 is 4.74 Å². The third-order valence-corrected chi connectivity index (χ3v) is 14.5. The molecule has 0 radical (unpaired) electrons. The van der Waals surface area contributed by atoms with Gasteiger partial charge in [-0.05, 0) is 130 Å². The van der Waals surface area contributed by atoms with Crippen molar-refractivity contribution in [3.8, 4) is 17.6 Å². The lowest BCUT2D eigenvalue weighted by atomic mass is 9.90. The number of carbonyl (C=O) groups excluding carboxylic acids is 2. The Balaban J connectivity index is 0.000000214. The molecule has 378 valence electrons. The molecule has 2 aliphatic heterocycles. The number of hydrogen-bond acceptors (Lipinski definition) is 7. The van der Waals surface area contributed by atoms with Gasteiger partial charge in [-0.1, -0.05) is 151 Å². The molecule has 0 bridgehead atoms. The van der Waals surface area contributed by atoms with Crippen LogP contribution in [0.5, 0.6) is 5.75 Å². The highest BCUT2D eigenvalue weighted by atomic mass is 16.5. The number of aryl methyl sites for hydroxylation is 4. The first-order valence-electron chi connectivity index (χ1n) is 25.1. The summed E-state index contributed by atoms with van der Waals surface area (Å²) in [5, 5.41) is 20.0. The quantitative estimate of drug-likeness (QED) is 0.0912. The lowest BCUT2D eigenvalue weighted by Gasteiger charge is -2.28. The number of benzene rings is 6. The summed E-state index contributed by atoms with van der Waals surface area (Å²) in [6.45, 7) is 8.32. The van der Waals surface area contributed by atoms with E-state index in [1.165, 1.54) is 21.6 Å². The standard InChI is InChI=1S/C31H32N2O4.C31H36N2O3/c1-22-19-23(16-17-28(22)37-3)11-10-18-32(2)26-20-27(31(35)36)33(21-26)30(34)29(24-12-6-4-7-13-24)25-14-8-5-9-15-25;1-22-16-17-24(19-23(22)2)11-10-18-32(3)27-20-28(31(35)36)33(21-27)30(34)29(25-12-6-4-7-13-25)26-14-8-5-9-15-26/h4-9,12-17,19,26-27,29H,18,20-21H2,1-3H3,(H,35,36);4-9,12-17,19,27-29H,10-11,18,20-21H2,1-3H3,(H,35,36)/t26-,27-;27-,28-/m00/s1. The van der Waals surface area contributed by atoms with Gasteiger partial charge in [0.15, 0.2) is 0 Å². The van der Waals surface area contributed by atoms with Crippen molar-refractivity contribution in [3.05, 3.63) is 208 Å². The van der Waals surface area contributed by atoms with E-state index >= 15 is 0 Å². The van der Waals surface area contributed by atoms with Crippen LogP contribution in [-0.4, -0.2) is 125 Å². The normalized spacial score (nSPS) is 17.3. The van der Waals surface area contributed by atoms with Gasteiger partial charge in [-0.3, -0.25) is 14.5 Å². The van der Waals surface area contributed by atoms with E-state index in [-0.39, 0.29) is 23.9 Å². The van der Waals surface area contributed by atoms with Crippen LogP contribution in [0.4, 0.5) is 0 Å². The van der Waals surface area contributed by atoms with Gasteiger partial charge in [-0.25, -0.2) is 9.59 Å². The zero-order chi connectivity index (χ0) is 52.0. The van der Waals surface area contributed by atoms with Crippen molar-refractivity contribution in [1.29, 1.82) is 0 Å². The topological polar surface area (TPSA) is 131 Å². The highest BCUT2D eigenvalue weighted by Gasteiger charge is 2.45. The van der Waals surface area contributed by atoms with Gasteiger partial charge in [0.25, 0.3) is 0 Å². The Hall–Kier alpha value is -7.52. The summed E-state index contributed by atoms with van der Waals surface area (Å²) in [6.07, 6.45) is 2.76. The van der Waals surface area contributed by atoms with Crippen LogP contribution in [0.3, 0.4) is 0 Å². The molecular weight excluding hydrogens is 913 g/mol. The van der Waals surface area contributed by atoms with E-state index in [4.69, 9.17) is 4.74 Å². The highest BCUT2D eigenvalue weighted by molar-refractivity contribution is 5.92. The lowest BCUT2D eigenvalue weighted by molar-refractivity contribution is -0.148. The van der Waals surface area contributed by atoms with E-state index in [1.807, 2.05) is 165 Å². The number of likely N-dealkylation sites (tertiary alicyclic amines) is 2. The van der Waals surface area contributed by atoms with Gasteiger partial charge in [0.05, 0.1) is 25.5 Å². The molecule has 2 fully saturated rings. The Morgan fingerprint density at radius 3 is 1.45 bits per heavy atom. The maximum atomic E-state index is 13.9. The average molecular weight is 981 g/mol. The summed E-state index contributed by atoms with van der Waals surface area (Å²) in [5.74, 6) is 3.84. The number of likely N-dealkylation sites (N-methyl/N-ethyl adjacent to an activating group) is 2. The van der Waals surface area contributed by atoms with Gasteiger partial charge < -0.3 is 29.6 Å². The van der Waals surface area contributed by atoms with Crippen molar-refractivity contribution in [2.45, 2.75) is 82.5 Å². The van der Waals surface area contributed by atoms with Gasteiger partial charge in [-0.15, -0.1) is 0 Å². The van der Waals surface area contributed by atoms with E-state index in [1.54, 1.807) is 12.0 Å². The second-order valence-corrected chi connectivity index (χ2v) is 19.4. The van der Waals surface area contributed by atoms with Crippen molar-refractivity contribution >= 4 is 23.8 Å². The number of nitrogens with zero attached hydrogens (tertiary/aromatic N) is 4. The van der Waals surface area contributed by atoms with Gasteiger partial charge in [0, 0.05) is 30.7 Å². The zero-order valence-corrected chi connectivity index (χ0v) is 42.9. The number of aliphatic carboxylic acids is 2. The maximum absolute atomic E-state index is 13.9. The summed E-state index contributed by atoms with van der Waals surface area (Å²) in [5.41, 5.74) is 9.30. The maximum Gasteiger partial charge on any atom is 0.326 e. The number of carboxylic acids is 2. The highest BCUT2D eigenvalue weighted by Crippen LogP contribution is 2.34. The fraction of sp³-hybridized carbons (Fsp3) is 0.323. The third kappa shape index (κ3) is 13.5. The predicted octanol–water partition coefficient (Wildman–Crippen LogP) is 9.23. The fourth-order valence-electron chi connectivity index (χ4n) is 10.1. The SMILES string of the molecule is COc1ccc(C#CCN(C)[C@H]2C[C@@H](C(=O)O)N(C(=O)C(c3ccccc3)c3ccccc3)C2)cc1C.Cc1ccc(CCCN(C)[C@H]2C[C@@H](C(=O)O)N(C(=O)C(c3ccccc3)c3ccccc3)C2)cc1C. The fourth-order valence-corrected chi connectivity index (χ4v) is 10.1. The Morgan fingerprint density at radius 1 is 0.589 bits per heavy atom. The van der Waals surface area contributed by atoms with Crippen LogP contribution in [0.25, 0.3) is 0 Å². The van der Waals surface area contributed by atoms with Crippen LogP contribution in [0.1, 0.15) is 81.2 Å². The minimum absolute atomic E-state index is 0.0157. The van der Waals surface area contributed by atoms with Crippen LogP contribution in [0.15, 0.2) is 158 Å². The van der Waals surface area contributed by atoms with Crippen molar-refractivity contribution in [1.82, 2.24) is 19.6 Å². The smallest absolute Gasteiger partial charge is 0.326 e. The van der Waals surface area contributed by atoms with Crippen LogP contribution >= 0.6 is 0 Å². The molecule has 6 aromatic carbocycles. The van der Waals surface area contributed by atoms with Gasteiger partial charge in [0.2, 0.25) is 11.8 Å². The van der Waals surface area contributed by atoms with Crippen molar-refractivity contribution in [2.75, 3.05) is 47.4 Å². The monoisotopic (exact) mass is 981 g/mol. The Morgan fingerprint density at radius 2 is 1.04 bits per heavy atom. The van der Waals surface area contributed by atoms with Crippen molar-refractivity contribution in [3.63, 3.8) is 0 Å². The summed E-state index contributed by atoms with van der Waals surface area (Å²) in [4.78, 5) is 59.7. The van der Waals surface area contributed by atoms with Gasteiger partial charge in [0.1, 0.15) is 17.8 Å². The molecule has 11 nitrogen and oxygen atoms in total. The summed E-state index contributed by atoms with van der Waals surface area (Å²) >= 11 is 0. The molecule has 2 amide bonds. The number of rotatable bonds is 16. The van der Waals surface area contributed by atoms with Crippen molar-refractivity contribution < 1.29 is 34.1 Å². The molecule has 2 N–H and O–H groups in total. The molecule has 2 heterocycles. The van der Waals surface area contributed by atoms with Crippen molar-refractivity contribution in [2.24, 2.45) is 0 Å². The van der Waals surface area contributed by atoms with Crippen LogP contribution in [0, 0.1) is 32.6 Å². The molecule has 73 heavy (non-hydrogen) atoms. The molecule has 2 saturated heterocycles. The van der Waals surface area contributed by atoms with E-state index < -0.39 is 35.9 Å². The molecule has 0 saturated carbocycles. The minimum Gasteiger partial charge on any atom is -0.496 e. The third-order valence-electron chi connectivity index (χ3n) is 14.5. The number of hydrogen-bond donors (Lipinski definition) is 2. The molecule has 0 spiro atoms. The molecule has 0 aliphatic carbocycles. The number of carboxylic acid groups (broad SMARTS) is 2. The molecule has 4 atom stereocenters. The van der Waals surface area contributed by atoms with Gasteiger partial charge in [-0.2, -0.15) is 0 Å². The molecular formula is C62H68N4O7. The van der Waals surface area contributed by atoms with E-state index in [2.05, 4.69) is 48.8 Å². The Kier molecular flexibility index (Phi) is 18.4. The summed E-state index contributed by atoms with van der Waals surface area (Å²) in [6, 6.07) is 49.0. The van der Waals surface area contributed by atoms with E-state index in [9.17, 15) is 29.4 Å². The minimum atomic E-state index is -0.982. The molecule has 8 rings (SSSR count). The molecule has 0 aromatic heterocycles. The van der Waals surface area contributed by atoms with Gasteiger partial charge >= 0.3 is 11.9 Å². The number of methoxy groups -OCH3 is 1. The Labute approximate surface area is 431 Å². The summed E-state index contributed by atoms with van der Waals surface area (Å²) in [7, 11) is 5.62. The predicted molar refractivity (Wildman–Crippen MR) is 287 cm³/mol. The van der Waals surface area contributed by atoms with E-state index in [0.29, 0.717) is 32.5 Å². The first-order valence-corrected chi connectivity index (χ1v) is 25.1. The lowest BCUT2D eigenvalue weighted by Crippen LogP contribution is -2.43. The first-order chi connectivity index (χ1) is 35.2. The second-order valence-electron chi connectivity index (χ2n) is 19.4. The molecule has 6 aromatic rings. The molecule has 11 heteroatoms. The second kappa shape index (κ2) is 25.2. The largest absolute Gasteiger partial charge is 0.496 e. The van der Waals surface area contributed by atoms with Crippen LogP contribution in [0.2, 0.25) is 0 Å². The van der Waals surface area contributed by atoms with Crippen LogP contribution in [-0.2, 0) is 25.6 Å². The Bertz CT molecular complexity index is 2790. The zero-order valence-electron chi connectivity index (χ0n) is 42.9. The molecule has 2 aliphatic rings. The first kappa shape index (κ1) is 53.3. The number of ether oxygens (including phenoxy) is 1. The average Bonchev–Trinajstić information content (AvgIpc) is 4.07. The van der Waals surface area contributed by atoms with E-state index in [0.717, 1.165) is 58.5 Å². The number of carbonyl (C=O) groups is 4. The number of amides is 2. The molecule has 0 unspecified atom stereocenters. The summed E-state index contributed by atoms with van der Waals surface area (Å²) < 4.78 is 5.31.